The van der Waals surface area contributed by atoms with Gasteiger partial charge in [-0.15, -0.1) is 0 Å². The average molecular weight is 549 g/mol. The molecular formula is C31H37FN4O4. The number of aromatic hydroxyl groups is 1. The van der Waals surface area contributed by atoms with Gasteiger partial charge in [0.1, 0.15) is 23.3 Å². The third kappa shape index (κ3) is 6.03. The van der Waals surface area contributed by atoms with E-state index in [0.717, 1.165) is 53.8 Å². The highest BCUT2D eigenvalue weighted by Gasteiger charge is 2.29. The number of ether oxygens (including phenoxy) is 1. The molecule has 1 aliphatic carbocycles. The first-order chi connectivity index (χ1) is 19.4. The molecule has 2 heterocycles. The third-order valence-corrected chi connectivity index (χ3v) is 7.35. The second-order valence-electron chi connectivity index (χ2n) is 9.85. The quantitative estimate of drug-likeness (QED) is 0.286. The molecule has 5 rings (SSSR count). The van der Waals surface area contributed by atoms with Crippen LogP contribution in [0.2, 0.25) is 0 Å². The maximum Gasteiger partial charge on any atom is 0.328 e. The first-order valence-electron chi connectivity index (χ1n) is 13.9. The Morgan fingerprint density at radius 3 is 2.35 bits per heavy atom. The van der Waals surface area contributed by atoms with E-state index in [2.05, 4.69) is 5.32 Å². The van der Waals surface area contributed by atoms with Gasteiger partial charge in [0.05, 0.1) is 18.5 Å². The van der Waals surface area contributed by atoms with Crippen molar-refractivity contribution in [3.63, 3.8) is 0 Å². The van der Waals surface area contributed by atoms with Gasteiger partial charge in [0, 0.05) is 31.0 Å². The molecule has 0 spiro atoms. The Balaban J connectivity index is 0.00000181. The van der Waals surface area contributed by atoms with Gasteiger partial charge in [0.25, 0.3) is 5.91 Å². The van der Waals surface area contributed by atoms with Crippen molar-refractivity contribution in [2.45, 2.75) is 64.3 Å². The number of benzene rings is 2. The van der Waals surface area contributed by atoms with Gasteiger partial charge in [-0.3, -0.25) is 4.79 Å². The summed E-state index contributed by atoms with van der Waals surface area (Å²) in [7, 11) is 3.20. The Morgan fingerprint density at radius 1 is 1.07 bits per heavy atom. The SMILES string of the molecule is CC.COC(=O)C(Cc1ccc(O)cc1)NC(=O)c1cc2n(C)c(-c3ccc(F)cc3)c(C3CCCCC3)n2n1. The van der Waals surface area contributed by atoms with Crippen LogP contribution in [-0.2, 0) is 23.0 Å². The summed E-state index contributed by atoms with van der Waals surface area (Å²) in [5.41, 5.74) is 4.57. The van der Waals surface area contributed by atoms with E-state index in [-0.39, 0.29) is 29.6 Å². The molecule has 1 fully saturated rings. The summed E-state index contributed by atoms with van der Waals surface area (Å²) in [6.45, 7) is 4.00. The maximum absolute atomic E-state index is 13.7. The Kier molecular flexibility index (Phi) is 9.24. The Bertz CT molecular complexity index is 1450. The molecule has 40 heavy (non-hydrogen) atoms. The van der Waals surface area contributed by atoms with E-state index in [1.807, 2.05) is 30.0 Å². The number of rotatable bonds is 7. The van der Waals surface area contributed by atoms with Crippen LogP contribution in [0, 0.1) is 5.82 Å². The zero-order valence-electron chi connectivity index (χ0n) is 23.5. The number of methoxy groups -OCH3 is 1. The highest BCUT2D eigenvalue weighted by molar-refractivity contribution is 5.96. The van der Waals surface area contributed by atoms with Crippen LogP contribution in [0.15, 0.2) is 54.6 Å². The first kappa shape index (κ1) is 28.9. The molecule has 0 aliphatic heterocycles. The van der Waals surface area contributed by atoms with Crippen LogP contribution in [0.5, 0.6) is 5.75 Å². The smallest absolute Gasteiger partial charge is 0.328 e. The molecule has 1 unspecified atom stereocenters. The van der Waals surface area contributed by atoms with Gasteiger partial charge < -0.3 is 19.7 Å². The van der Waals surface area contributed by atoms with Crippen molar-refractivity contribution in [2.24, 2.45) is 7.05 Å². The summed E-state index contributed by atoms with van der Waals surface area (Å²) in [5, 5.41) is 17.0. The van der Waals surface area contributed by atoms with Gasteiger partial charge in [0.2, 0.25) is 0 Å². The van der Waals surface area contributed by atoms with E-state index < -0.39 is 17.9 Å². The van der Waals surface area contributed by atoms with E-state index in [0.29, 0.717) is 0 Å². The van der Waals surface area contributed by atoms with E-state index in [1.54, 1.807) is 30.3 Å². The van der Waals surface area contributed by atoms with Gasteiger partial charge in [-0.2, -0.15) is 5.10 Å². The Labute approximate surface area is 233 Å². The second-order valence-corrected chi connectivity index (χ2v) is 9.85. The van der Waals surface area contributed by atoms with Crippen LogP contribution in [0.3, 0.4) is 0 Å². The highest BCUT2D eigenvalue weighted by Crippen LogP contribution is 2.39. The zero-order valence-corrected chi connectivity index (χ0v) is 23.5. The second kappa shape index (κ2) is 12.8. The number of carbonyl (C=O) groups excluding carboxylic acids is 2. The number of hydrogen-bond donors (Lipinski definition) is 2. The fourth-order valence-electron chi connectivity index (χ4n) is 5.41. The lowest BCUT2D eigenvalue weighted by atomic mass is 9.85. The monoisotopic (exact) mass is 548 g/mol. The largest absolute Gasteiger partial charge is 0.508 e. The van der Waals surface area contributed by atoms with Crippen LogP contribution in [0.1, 0.15) is 73.6 Å². The van der Waals surface area contributed by atoms with Crippen molar-refractivity contribution >= 4 is 17.5 Å². The summed E-state index contributed by atoms with van der Waals surface area (Å²) >= 11 is 0. The number of aromatic nitrogens is 3. The summed E-state index contributed by atoms with van der Waals surface area (Å²) in [6.07, 6.45) is 5.68. The van der Waals surface area contributed by atoms with Gasteiger partial charge in [-0.05, 0) is 54.8 Å². The lowest BCUT2D eigenvalue weighted by Crippen LogP contribution is -2.43. The van der Waals surface area contributed by atoms with Crippen molar-refractivity contribution in [1.29, 1.82) is 0 Å². The first-order valence-corrected chi connectivity index (χ1v) is 13.9. The molecule has 1 saturated carbocycles. The number of esters is 1. The van der Waals surface area contributed by atoms with Gasteiger partial charge in [-0.1, -0.05) is 45.2 Å². The van der Waals surface area contributed by atoms with E-state index in [1.165, 1.54) is 37.8 Å². The lowest BCUT2D eigenvalue weighted by molar-refractivity contribution is -0.142. The normalized spacial score (nSPS) is 14.3. The number of fused-ring (bicyclic) bond motifs is 1. The third-order valence-electron chi connectivity index (χ3n) is 7.35. The van der Waals surface area contributed by atoms with Crippen molar-refractivity contribution in [1.82, 2.24) is 19.5 Å². The molecular weight excluding hydrogens is 511 g/mol. The minimum atomic E-state index is -0.922. The molecule has 1 amide bonds. The summed E-state index contributed by atoms with van der Waals surface area (Å²) in [6, 6.07) is 13.7. The predicted molar refractivity (Wildman–Crippen MR) is 152 cm³/mol. The van der Waals surface area contributed by atoms with E-state index in [9.17, 15) is 19.1 Å². The van der Waals surface area contributed by atoms with Crippen LogP contribution >= 0.6 is 0 Å². The number of nitrogens with one attached hydrogen (secondary N) is 1. The molecule has 2 aromatic carbocycles. The fourth-order valence-corrected chi connectivity index (χ4v) is 5.41. The molecule has 9 heteroatoms. The molecule has 1 atom stereocenters. The van der Waals surface area contributed by atoms with E-state index >= 15 is 0 Å². The lowest BCUT2D eigenvalue weighted by Gasteiger charge is -2.22. The number of nitrogens with zero attached hydrogens (tertiary/aromatic N) is 3. The van der Waals surface area contributed by atoms with Gasteiger partial charge in [0.15, 0.2) is 5.69 Å². The van der Waals surface area contributed by atoms with Gasteiger partial charge >= 0.3 is 5.97 Å². The molecule has 2 N–H and O–H groups in total. The minimum absolute atomic E-state index is 0.117. The zero-order chi connectivity index (χ0) is 28.8. The molecule has 212 valence electrons. The molecule has 0 radical (unpaired) electrons. The van der Waals surface area contributed by atoms with Crippen LogP contribution < -0.4 is 5.32 Å². The Morgan fingerprint density at radius 2 is 1.73 bits per heavy atom. The van der Waals surface area contributed by atoms with Crippen molar-refractivity contribution in [3.8, 4) is 17.0 Å². The number of carbonyl (C=O) groups is 2. The fraction of sp³-hybridized carbons (Fsp3) is 0.387. The average Bonchev–Trinajstić information content (AvgIpc) is 3.53. The minimum Gasteiger partial charge on any atom is -0.508 e. The number of phenolic OH excluding ortho intramolecular Hbond substituents is 1. The standard InChI is InChI=1S/C29H31FN4O4.C2H6/c1-33-25-17-23(28(36)31-24(29(37)38-2)16-18-8-14-22(35)15-9-18)32-34(25)27(19-6-4-3-5-7-19)26(33)20-10-12-21(30)13-11-20;1-2/h8-15,17,19,24,35H,3-7,16H2,1-2H3,(H,31,36);1-2H3. The van der Waals surface area contributed by atoms with Crippen LogP contribution in [0.25, 0.3) is 16.9 Å². The number of hydrogen-bond acceptors (Lipinski definition) is 5. The van der Waals surface area contributed by atoms with Crippen molar-refractivity contribution in [3.05, 3.63) is 77.4 Å². The molecule has 0 saturated heterocycles. The maximum atomic E-state index is 13.7. The van der Waals surface area contributed by atoms with Crippen LogP contribution in [0.4, 0.5) is 4.39 Å². The topological polar surface area (TPSA) is 97.9 Å². The molecule has 4 aromatic rings. The molecule has 2 aromatic heterocycles. The molecule has 8 nitrogen and oxygen atoms in total. The number of imidazole rings is 1. The highest BCUT2D eigenvalue weighted by atomic mass is 19.1. The Hall–Kier alpha value is -4.14. The summed E-state index contributed by atoms with van der Waals surface area (Å²) < 4.78 is 22.4. The van der Waals surface area contributed by atoms with Crippen molar-refractivity contribution < 1.29 is 23.8 Å². The summed E-state index contributed by atoms with van der Waals surface area (Å²) in [5.74, 6) is -0.970. The summed E-state index contributed by atoms with van der Waals surface area (Å²) in [4.78, 5) is 25.8. The number of amides is 1. The van der Waals surface area contributed by atoms with Gasteiger partial charge in [-0.25, -0.2) is 13.7 Å². The molecule has 1 aliphatic rings. The van der Waals surface area contributed by atoms with Crippen molar-refractivity contribution in [2.75, 3.05) is 7.11 Å². The predicted octanol–water partition coefficient (Wildman–Crippen LogP) is 5.77. The van der Waals surface area contributed by atoms with Crippen LogP contribution in [-0.4, -0.2) is 44.3 Å². The molecule has 0 bridgehead atoms. The number of halogens is 1. The number of phenols is 1. The number of aryl methyl sites for hydroxylation is 1. The van der Waals surface area contributed by atoms with E-state index in [4.69, 9.17) is 9.84 Å².